The molecule has 0 saturated carbocycles. The van der Waals surface area contributed by atoms with Crippen molar-refractivity contribution in [2.24, 2.45) is 0 Å². The van der Waals surface area contributed by atoms with Crippen molar-refractivity contribution in [2.45, 2.75) is 24.2 Å². The second kappa shape index (κ2) is 6.76. The maximum Gasteiger partial charge on any atom is 0.256 e. The summed E-state index contributed by atoms with van der Waals surface area (Å²) >= 11 is 1.63. The van der Waals surface area contributed by atoms with E-state index >= 15 is 0 Å². The average molecular weight is 349 g/mol. The van der Waals surface area contributed by atoms with E-state index in [4.69, 9.17) is 5.10 Å². The van der Waals surface area contributed by atoms with Crippen LogP contribution in [0.1, 0.15) is 28.0 Å². The Hall–Kier alpha value is -2.53. The molecule has 0 radical (unpaired) electrons. The average Bonchev–Trinajstić information content (AvgIpc) is 3.25. The molecule has 1 N–H and O–H groups in total. The van der Waals surface area contributed by atoms with Crippen molar-refractivity contribution in [1.82, 2.24) is 9.78 Å². The Bertz CT molecular complexity index is 918. The topological polar surface area (TPSA) is 46.9 Å². The van der Waals surface area contributed by atoms with Gasteiger partial charge in [-0.1, -0.05) is 24.3 Å². The summed E-state index contributed by atoms with van der Waals surface area (Å²) in [5.41, 5.74) is 3.89. The van der Waals surface area contributed by atoms with Crippen LogP contribution in [0.15, 0.2) is 59.5 Å². The van der Waals surface area contributed by atoms with Gasteiger partial charge in [-0.15, -0.1) is 11.8 Å². The van der Waals surface area contributed by atoms with E-state index in [-0.39, 0.29) is 5.91 Å². The van der Waals surface area contributed by atoms with Crippen LogP contribution in [-0.4, -0.2) is 21.9 Å². The molecule has 4 nitrogen and oxygen atoms in total. The minimum Gasteiger partial charge on any atom is -0.306 e. The first-order valence-electron chi connectivity index (χ1n) is 8.38. The van der Waals surface area contributed by atoms with Crippen molar-refractivity contribution in [2.75, 3.05) is 11.6 Å². The van der Waals surface area contributed by atoms with Gasteiger partial charge in [0.1, 0.15) is 5.82 Å². The third kappa shape index (κ3) is 3.07. The molecule has 1 amide bonds. The lowest BCUT2D eigenvalue weighted by Gasteiger charge is -2.11. The van der Waals surface area contributed by atoms with Crippen LogP contribution < -0.4 is 5.32 Å². The molecule has 0 atom stereocenters. The van der Waals surface area contributed by atoms with E-state index in [9.17, 15) is 4.79 Å². The molecule has 0 saturated heterocycles. The molecule has 1 aliphatic rings. The third-order valence-electron chi connectivity index (χ3n) is 4.47. The number of carbonyl (C=O) groups is 1. The maximum atomic E-state index is 12.8. The number of carbonyl (C=O) groups excluding carboxylic acids is 1. The molecule has 2 aromatic carbocycles. The predicted molar refractivity (Wildman–Crippen MR) is 102 cm³/mol. The monoisotopic (exact) mass is 349 g/mol. The number of aryl methyl sites for hydroxylation is 1. The van der Waals surface area contributed by atoms with Gasteiger partial charge < -0.3 is 5.32 Å². The highest BCUT2D eigenvalue weighted by atomic mass is 32.2. The van der Waals surface area contributed by atoms with Gasteiger partial charge in [0.05, 0.1) is 11.4 Å². The standard InChI is InChI=1S/C20H19N3OS/c1-25-16-10-5-7-14(13-16)20(24)21-19-17-11-6-12-18(17)22-23(19)15-8-3-2-4-9-15/h2-5,7-10,13H,6,11-12H2,1H3,(H,21,24). The number of anilines is 1. The van der Waals surface area contributed by atoms with E-state index in [2.05, 4.69) is 5.32 Å². The van der Waals surface area contributed by atoms with Crippen LogP contribution in [0.5, 0.6) is 0 Å². The van der Waals surface area contributed by atoms with Crippen LogP contribution in [-0.2, 0) is 12.8 Å². The van der Waals surface area contributed by atoms with Gasteiger partial charge in [-0.25, -0.2) is 4.68 Å². The minimum atomic E-state index is -0.0947. The van der Waals surface area contributed by atoms with Gasteiger partial charge in [0, 0.05) is 16.0 Å². The Kier molecular flexibility index (Phi) is 4.32. The lowest BCUT2D eigenvalue weighted by atomic mass is 10.2. The number of aromatic nitrogens is 2. The Morgan fingerprint density at radius 2 is 1.96 bits per heavy atom. The number of hydrogen-bond acceptors (Lipinski definition) is 3. The van der Waals surface area contributed by atoms with Crippen LogP contribution in [0.4, 0.5) is 5.82 Å². The normalized spacial score (nSPS) is 12.8. The molecule has 0 fully saturated rings. The van der Waals surface area contributed by atoms with Gasteiger partial charge in [0.25, 0.3) is 5.91 Å². The molecule has 126 valence electrons. The zero-order valence-electron chi connectivity index (χ0n) is 14.0. The van der Waals surface area contributed by atoms with Gasteiger partial charge in [-0.05, 0) is 55.9 Å². The highest BCUT2D eigenvalue weighted by Gasteiger charge is 2.24. The molecule has 4 rings (SSSR count). The van der Waals surface area contributed by atoms with Gasteiger partial charge in [-0.3, -0.25) is 4.79 Å². The van der Waals surface area contributed by atoms with E-state index in [0.717, 1.165) is 41.4 Å². The summed E-state index contributed by atoms with van der Waals surface area (Å²) in [6.45, 7) is 0. The molecule has 3 aromatic rings. The fraction of sp³-hybridized carbons (Fsp3) is 0.200. The number of fused-ring (bicyclic) bond motifs is 1. The molecule has 1 aliphatic carbocycles. The minimum absolute atomic E-state index is 0.0947. The molecule has 0 bridgehead atoms. The number of amides is 1. The summed E-state index contributed by atoms with van der Waals surface area (Å²) in [7, 11) is 0. The summed E-state index contributed by atoms with van der Waals surface area (Å²) in [6.07, 6.45) is 5.04. The van der Waals surface area contributed by atoms with Crippen LogP contribution in [0.25, 0.3) is 5.69 Å². The molecule has 25 heavy (non-hydrogen) atoms. The van der Waals surface area contributed by atoms with Crippen LogP contribution in [0, 0.1) is 0 Å². The molecule has 1 aromatic heterocycles. The summed E-state index contributed by atoms with van der Waals surface area (Å²) < 4.78 is 1.86. The van der Waals surface area contributed by atoms with Crippen molar-refractivity contribution in [3.05, 3.63) is 71.4 Å². The second-order valence-electron chi connectivity index (χ2n) is 6.06. The first-order valence-corrected chi connectivity index (χ1v) is 9.60. The summed E-state index contributed by atoms with van der Waals surface area (Å²) in [5.74, 6) is 0.709. The van der Waals surface area contributed by atoms with Crippen molar-refractivity contribution in [3.8, 4) is 5.69 Å². The maximum absolute atomic E-state index is 12.8. The van der Waals surface area contributed by atoms with Gasteiger partial charge in [0.2, 0.25) is 0 Å². The molecular weight excluding hydrogens is 330 g/mol. The number of para-hydroxylation sites is 1. The van der Waals surface area contributed by atoms with Gasteiger partial charge in [-0.2, -0.15) is 5.10 Å². The molecule has 1 heterocycles. The lowest BCUT2D eigenvalue weighted by molar-refractivity contribution is 0.102. The molecule has 0 unspecified atom stereocenters. The van der Waals surface area contributed by atoms with Crippen molar-refractivity contribution >= 4 is 23.5 Å². The smallest absolute Gasteiger partial charge is 0.256 e. The number of thioether (sulfide) groups is 1. The highest BCUT2D eigenvalue weighted by molar-refractivity contribution is 7.98. The largest absolute Gasteiger partial charge is 0.306 e. The fourth-order valence-corrected chi connectivity index (χ4v) is 3.68. The van der Waals surface area contributed by atoms with Crippen LogP contribution >= 0.6 is 11.8 Å². The number of nitrogens with one attached hydrogen (secondary N) is 1. The Balaban J connectivity index is 1.71. The van der Waals surface area contributed by atoms with E-state index in [0.29, 0.717) is 5.56 Å². The van der Waals surface area contributed by atoms with E-state index in [1.54, 1.807) is 11.8 Å². The van der Waals surface area contributed by atoms with Crippen LogP contribution in [0.3, 0.4) is 0 Å². The van der Waals surface area contributed by atoms with Crippen LogP contribution in [0.2, 0.25) is 0 Å². The molecular formula is C20H19N3OS. The van der Waals surface area contributed by atoms with E-state index in [1.165, 1.54) is 5.56 Å². The second-order valence-corrected chi connectivity index (χ2v) is 6.94. The molecule has 0 aliphatic heterocycles. The van der Waals surface area contributed by atoms with Crippen molar-refractivity contribution < 1.29 is 4.79 Å². The third-order valence-corrected chi connectivity index (χ3v) is 5.20. The summed E-state index contributed by atoms with van der Waals surface area (Å²) in [5, 5.41) is 7.85. The van der Waals surface area contributed by atoms with Crippen molar-refractivity contribution in [1.29, 1.82) is 0 Å². The number of rotatable bonds is 4. The zero-order chi connectivity index (χ0) is 17.2. The predicted octanol–water partition coefficient (Wildman–Crippen LogP) is 4.34. The first kappa shape index (κ1) is 16.0. The zero-order valence-corrected chi connectivity index (χ0v) is 14.8. The number of benzene rings is 2. The van der Waals surface area contributed by atoms with Gasteiger partial charge >= 0.3 is 0 Å². The quantitative estimate of drug-likeness (QED) is 0.713. The number of nitrogens with zero attached hydrogens (tertiary/aromatic N) is 2. The van der Waals surface area contributed by atoms with E-state index < -0.39 is 0 Å². The summed E-state index contributed by atoms with van der Waals surface area (Å²) in [4.78, 5) is 13.9. The summed E-state index contributed by atoms with van der Waals surface area (Å²) in [6, 6.07) is 17.6. The molecule has 5 heteroatoms. The van der Waals surface area contributed by atoms with Gasteiger partial charge in [0.15, 0.2) is 0 Å². The molecule has 0 spiro atoms. The fourth-order valence-electron chi connectivity index (χ4n) is 3.22. The number of hydrogen-bond donors (Lipinski definition) is 1. The highest BCUT2D eigenvalue weighted by Crippen LogP contribution is 2.31. The Morgan fingerprint density at radius 1 is 1.12 bits per heavy atom. The van der Waals surface area contributed by atoms with E-state index in [1.807, 2.05) is 65.5 Å². The Morgan fingerprint density at radius 3 is 2.76 bits per heavy atom. The first-order chi connectivity index (χ1) is 12.3. The van der Waals surface area contributed by atoms with Crippen molar-refractivity contribution in [3.63, 3.8) is 0 Å². The SMILES string of the molecule is CSc1cccc(C(=O)Nc2c3c(nn2-c2ccccc2)CCC3)c1. The lowest BCUT2D eigenvalue weighted by Crippen LogP contribution is -2.16. The Labute approximate surface area is 151 Å².